The molecule has 124 valence electrons. The minimum Gasteiger partial charge on any atom is -0.497 e. The van der Waals surface area contributed by atoms with Crippen molar-refractivity contribution in [3.05, 3.63) is 58.1 Å². The molecule has 0 aromatic heterocycles. The van der Waals surface area contributed by atoms with E-state index in [4.69, 9.17) is 27.9 Å². The van der Waals surface area contributed by atoms with E-state index >= 15 is 0 Å². The lowest BCUT2D eigenvalue weighted by Crippen LogP contribution is -2.32. The summed E-state index contributed by atoms with van der Waals surface area (Å²) in [6.07, 6.45) is 1.40. The molecule has 2 N–H and O–H groups in total. The van der Waals surface area contributed by atoms with Gasteiger partial charge in [-0.3, -0.25) is 9.59 Å². The number of nitrogens with zero attached hydrogens (tertiary/aromatic N) is 1. The highest BCUT2D eigenvalue weighted by atomic mass is 35.5. The molecule has 0 radical (unpaired) electrons. The van der Waals surface area contributed by atoms with E-state index in [1.54, 1.807) is 43.5 Å². The van der Waals surface area contributed by atoms with Crippen molar-refractivity contribution in [1.82, 2.24) is 5.43 Å². The molecule has 0 aliphatic carbocycles. The van der Waals surface area contributed by atoms with Crippen LogP contribution in [0.15, 0.2) is 47.6 Å². The quantitative estimate of drug-likeness (QED) is 0.496. The van der Waals surface area contributed by atoms with Crippen molar-refractivity contribution in [2.45, 2.75) is 0 Å². The third-order valence-electron chi connectivity index (χ3n) is 2.90. The Morgan fingerprint density at radius 2 is 1.79 bits per heavy atom. The first kappa shape index (κ1) is 17.8. The fraction of sp³-hybridized carbons (Fsp3) is 0.0625. The Kier molecular flexibility index (Phi) is 6.17. The van der Waals surface area contributed by atoms with E-state index in [-0.39, 0.29) is 15.7 Å². The molecule has 24 heavy (non-hydrogen) atoms. The molecule has 0 atom stereocenters. The van der Waals surface area contributed by atoms with Gasteiger partial charge in [0.05, 0.1) is 29.1 Å². The Bertz CT molecular complexity index is 777. The molecule has 0 heterocycles. The van der Waals surface area contributed by atoms with Crippen LogP contribution in [0.2, 0.25) is 10.0 Å². The number of amides is 2. The van der Waals surface area contributed by atoms with Crippen LogP contribution < -0.4 is 15.5 Å². The van der Waals surface area contributed by atoms with Crippen LogP contribution in [0.25, 0.3) is 0 Å². The lowest BCUT2D eigenvalue weighted by Gasteiger charge is -2.06. The molecular weight excluding hydrogens is 353 g/mol. The number of anilines is 1. The highest BCUT2D eigenvalue weighted by Crippen LogP contribution is 2.29. The summed E-state index contributed by atoms with van der Waals surface area (Å²) < 4.78 is 5.03. The molecule has 2 rings (SSSR count). The molecule has 0 saturated carbocycles. The van der Waals surface area contributed by atoms with Crippen LogP contribution in [-0.2, 0) is 9.59 Å². The SMILES string of the molecule is COc1ccc(/C=N\NC(=O)C(=O)Nc2cccc(Cl)c2Cl)cc1. The van der Waals surface area contributed by atoms with Gasteiger partial charge in [-0.05, 0) is 42.0 Å². The number of hydrogen-bond acceptors (Lipinski definition) is 4. The van der Waals surface area contributed by atoms with Crippen LogP contribution in [0.5, 0.6) is 5.75 Å². The number of carbonyl (C=O) groups excluding carboxylic acids is 2. The predicted octanol–water partition coefficient (Wildman–Crippen LogP) is 3.09. The Labute approximate surface area is 148 Å². The van der Waals surface area contributed by atoms with Crippen LogP contribution in [0.1, 0.15) is 5.56 Å². The molecule has 2 aromatic carbocycles. The number of rotatable bonds is 4. The van der Waals surface area contributed by atoms with Crippen molar-refractivity contribution < 1.29 is 14.3 Å². The second-order valence-electron chi connectivity index (χ2n) is 4.53. The zero-order chi connectivity index (χ0) is 17.5. The molecule has 0 aliphatic rings. The maximum atomic E-state index is 11.8. The molecule has 0 unspecified atom stereocenters. The van der Waals surface area contributed by atoms with Crippen LogP contribution in [0.4, 0.5) is 5.69 Å². The van der Waals surface area contributed by atoms with Crippen LogP contribution in [0.3, 0.4) is 0 Å². The first-order valence-electron chi connectivity index (χ1n) is 6.73. The lowest BCUT2D eigenvalue weighted by atomic mass is 10.2. The number of hydrogen-bond donors (Lipinski definition) is 2. The third-order valence-corrected chi connectivity index (χ3v) is 3.72. The zero-order valence-corrected chi connectivity index (χ0v) is 14.1. The third kappa shape index (κ3) is 4.71. The van der Waals surface area contributed by atoms with E-state index in [1.807, 2.05) is 0 Å². The molecule has 0 fully saturated rings. The molecule has 0 bridgehead atoms. The smallest absolute Gasteiger partial charge is 0.329 e. The molecule has 0 saturated heterocycles. The number of hydrazone groups is 1. The number of benzene rings is 2. The summed E-state index contributed by atoms with van der Waals surface area (Å²) in [7, 11) is 1.56. The van der Waals surface area contributed by atoms with Gasteiger partial charge in [0.25, 0.3) is 0 Å². The van der Waals surface area contributed by atoms with E-state index in [1.165, 1.54) is 12.3 Å². The Morgan fingerprint density at radius 3 is 2.46 bits per heavy atom. The fourth-order valence-electron chi connectivity index (χ4n) is 1.69. The Hall–Kier alpha value is -2.57. The summed E-state index contributed by atoms with van der Waals surface area (Å²) in [5.41, 5.74) is 3.10. The van der Waals surface area contributed by atoms with E-state index in [2.05, 4.69) is 15.8 Å². The topological polar surface area (TPSA) is 79.8 Å². The summed E-state index contributed by atoms with van der Waals surface area (Å²) >= 11 is 11.8. The summed E-state index contributed by atoms with van der Waals surface area (Å²) in [5.74, 6) is -1.14. The highest BCUT2D eigenvalue weighted by Gasteiger charge is 2.15. The number of ether oxygens (including phenoxy) is 1. The summed E-state index contributed by atoms with van der Waals surface area (Å²) in [4.78, 5) is 23.5. The minimum absolute atomic E-state index is 0.155. The summed E-state index contributed by atoms with van der Waals surface area (Å²) in [6.45, 7) is 0. The predicted molar refractivity (Wildman–Crippen MR) is 93.8 cm³/mol. The number of methoxy groups -OCH3 is 1. The number of nitrogens with one attached hydrogen (secondary N) is 2. The standard InChI is InChI=1S/C16H13Cl2N3O3/c1-24-11-7-5-10(6-8-11)9-19-21-16(23)15(22)20-13-4-2-3-12(17)14(13)18/h2-9H,1H3,(H,20,22)(H,21,23)/b19-9-. The van der Waals surface area contributed by atoms with E-state index in [0.717, 1.165) is 5.56 Å². The van der Waals surface area contributed by atoms with Gasteiger partial charge >= 0.3 is 11.8 Å². The van der Waals surface area contributed by atoms with Crippen molar-refractivity contribution in [2.75, 3.05) is 12.4 Å². The van der Waals surface area contributed by atoms with Crippen LogP contribution in [-0.4, -0.2) is 25.1 Å². The maximum absolute atomic E-state index is 11.8. The van der Waals surface area contributed by atoms with Gasteiger partial charge in [-0.1, -0.05) is 29.3 Å². The second kappa shape index (κ2) is 8.33. The van der Waals surface area contributed by atoms with Gasteiger partial charge < -0.3 is 10.1 Å². The monoisotopic (exact) mass is 365 g/mol. The lowest BCUT2D eigenvalue weighted by molar-refractivity contribution is -0.136. The van der Waals surface area contributed by atoms with Gasteiger partial charge in [-0.15, -0.1) is 0 Å². The zero-order valence-electron chi connectivity index (χ0n) is 12.5. The van der Waals surface area contributed by atoms with Gasteiger partial charge in [0.1, 0.15) is 5.75 Å². The average Bonchev–Trinajstić information content (AvgIpc) is 2.59. The van der Waals surface area contributed by atoms with Crippen molar-refractivity contribution in [3.8, 4) is 5.75 Å². The Balaban J connectivity index is 1.92. The summed E-state index contributed by atoms with van der Waals surface area (Å²) in [5, 5.41) is 6.50. The minimum atomic E-state index is -0.934. The molecule has 8 heteroatoms. The molecule has 2 amide bonds. The van der Waals surface area contributed by atoms with Crippen molar-refractivity contribution >= 4 is 46.9 Å². The largest absolute Gasteiger partial charge is 0.497 e. The van der Waals surface area contributed by atoms with Crippen LogP contribution >= 0.6 is 23.2 Å². The van der Waals surface area contributed by atoms with Gasteiger partial charge in [-0.25, -0.2) is 5.43 Å². The van der Waals surface area contributed by atoms with Crippen molar-refractivity contribution in [1.29, 1.82) is 0 Å². The Morgan fingerprint density at radius 1 is 1.08 bits per heavy atom. The summed E-state index contributed by atoms with van der Waals surface area (Å²) in [6, 6.07) is 11.7. The fourth-order valence-corrected chi connectivity index (χ4v) is 2.03. The number of carbonyl (C=O) groups is 2. The molecular formula is C16H13Cl2N3O3. The molecule has 0 aliphatic heterocycles. The van der Waals surface area contributed by atoms with E-state index < -0.39 is 11.8 Å². The van der Waals surface area contributed by atoms with Gasteiger partial charge in [0.2, 0.25) is 0 Å². The average molecular weight is 366 g/mol. The number of halogens is 2. The normalized spacial score (nSPS) is 10.5. The molecule has 2 aromatic rings. The van der Waals surface area contributed by atoms with Gasteiger partial charge in [0.15, 0.2) is 0 Å². The van der Waals surface area contributed by atoms with E-state index in [0.29, 0.717) is 5.75 Å². The van der Waals surface area contributed by atoms with Gasteiger partial charge in [-0.2, -0.15) is 5.10 Å². The maximum Gasteiger partial charge on any atom is 0.329 e. The molecule has 0 spiro atoms. The first-order valence-corrected chi connectivity index (χ1v) is 7.49. The van der Waals surface area contributed by atoms with Gasteiger partial charge in [0, 0.05) is 0 Å². The first-order chi connectivity index (χ1) is 11.5. The van der Waals surface area contributed by atoms with Crippen molar-refractivity contribution in [2.24, 2.45) is 5.10 Å². The highest BCUT2D eigenvalue weighted by molar-refractivity contribution is 6.45. The molecule has 6 nitrogen and oxygen atoms in total. The van der Waals surface area contributed by atoms with E-state index in [9.17, 15) is 9.59 Å². The van der Waals surface area contributed by atoms with Crippen molar-refractivity contribution in [3.63, 3.8) is 0 Å². The van der Waals surface area contributed by atoms with Crippen LogP contribution in [0, 0.1) is 0 Å². The second-order valence-corrected chi connectivity index (χ2v) is 5.31.